The number of aryl methyl sites for hydroxylation is 1. The van der Waals surface area contributed by atoms with E-state index < -0.39 is 10.0 Å². The van der Waals surface area contributed by atoms with Crippen LogP contribution in [0.25, 0.3) is 10.1 Å². The fourth-order valence-electron chi connectivity index (χ4n) is 1.91. The van der Waals surface area contributed by atoms with E-state index in [1.807, 2.05) is 6.92 Å². The Balaban J connectivity index is 2.03. The third kappa shape index (κ3) is 2.57. The minimum atomic E-state index is -3.78. The standard InChI is InChI=1S/C14H12N2O3S2/c1-10-6-8-11(9-7-10)21(18,19)15-16-14(17)12-4-2-3-5-13(12)20-16/h2-9,15H,1H3. The highest BCUT2D eigenvalue weighted by atomic mass is 32.2. The molecule has 0 spiro atoms. The lowest BCUT2D eigenvalue weighted by atomic mass is 10.2. The number of rotatable bonds is 3. The van der Waals surface area contributed by atoms with E-state index in [0.717, 1.165) is 25.9 Å². The van der Waals surface area contributed by atoms with Crippen LogP contribution < -0.4 is 10.4 Å². The summed E-state index contributed by atoms with van der Waals surface area (Å²) in [7, 11) is -3.78. The van der Waals surface area contributed by atoms with Crippen molar-refractivity contribution in [2.75, 3.05) is 4.83 Å². The van der Waals surface area contributed by atoms with E-state index in [4.69, 9.17) is 0 Å². The fourth-order valence-corrected chi connectivity index (χ4v) is 4.03. The van der Waals surface area contributed by atoms with Crippen molar-refractivity contribution in [1.29, 1.82) is 0 Å². The topological polar surface area (TPSA) is 68.2 Å². The first kappa shape index (κ1) is 13.8. The number of sulfonamides is 1. The summed E-state index contributed by atoms with van der Waals surface area (Å²) in [6.07, 6.45) is 0. The average Bonchev–Trinajstić information content (AvgIpc) is 2.76. The molecule has 0 aliphatic rings. The highest BCUT2D eigenvalue weighted by Gasteiger charge is 2.16. The van der Waals surface area contributed by atoms with Gasteiger partial charge in [0.25, 0.3) is 15.6 Å². The molecule has 1 N–H and O–H groups in total. The van der Waals surface area contributed by atoms with Crippen molar-refractivity contribution in [1.82, 2.24) is 4.07 Å². The molecule has 21 heavy (non-hydrogen) atoms. The zero-order valence-corrected chi connectivity index (χ0v) is 12.7. The van der Waals surface area contributed by atoms with Crippen molar-refractivity contribution in [2.45, 2.75) is 11.8 Å². The molecule has 5 nitrogen and oxygen atoms in total. The number of nitrogens with one attached hydrogen (secondary N) is 1. The van der Waals surface area contributed by atoms with E-state index >= 15 is 0 Å². The number of nitrogens with zero attached hydrogens (tertiary/aromatic N) is 1. The van der Waals surface area contributed by atoms with Gasteiger partial charge in [-0.3, -0.25) is 4.79 Å². The van der Waals surface area contributed by atoms with Crippen molar-refractivity contribution in [3.63, 3.8) is 0 Å². The molecule has 1 heterocycles. The molecule has 2 aromatic carbocycles. The molecule has 1 aromatic heterocycles. The summed E-state index contributed by atoms with van der Waals surface area (Å²) in [5.74, 6) is 0. The van der Waals surface area contributed by atoms with Gasteiger partial charge in [0.15, 0.2) is 0 Å². The first-order valence-corrected chi connectivity index (χ1v) is 8.43. The first-order valence-electron chi connectivity index (χ1n) is 6.18. The summed E-state index contributed by atoms with van der Waals surface area (Å²) >= 11 is 1.06. The number of hydrogen-bond donors (Lipinski definition) is 1. The van der Waals surface area contributed by atoms with E-state index in [1.54, 1.807) is 36.4 Å². The Morgan fingerprint density at radius 1 is 1.05 bits per heavy atom. The van der Waals surface area contributed by atoms with Crippen LogP contribution in [0, 0.1) is 6.92 Å². The van der Waals surface area contributed by atoms with Crippen LogP contribution in [0.1, 0.15) is 5.56 Å². The highest BCUT2D eigenvalue weighted by molar-refractivity contribution is 7.92. The van der Waals surface area contributed by atoms with Crippen LogP contribution >= 0.6 is 11.5 Å². The van der Waals surface area contributed by atoms with Gasteiger partial charge in [-0.05, 0) is 42.7 Å². The molecule has 3 aromatic rings. The molecule has 0 radical (unpaired) electrons. The molecule has 0 saturated heterocycles. The molecule has 0 atom stereocenters. The largest absolute Gasteiger partial charge is 0.288 e. The molecular weight excluding hydrogens is 308 g/mol. The van der Waals surface area contributed by atoms with Gasteiger partial charge in [-0.2, -0.15) is 12.5 Å². The third-order valence-corrected chi connectivity index (χ3v) is 5.45. The number of fused-ring (bicyclic) bond motifs is 1. The molecule has 0 aliphatic heterocycles. The van der Waals surface area contributed by atoms with E-state index in [-0.39, 0.29) is 10.5 Å². The van der Waals surface area contributed by atoms with E-state index in [2.05, 4.69) is 4.83 Å². The fraction of sp³-hybridized carbons (Fsp3) is 0.0714. The molecule has 0 amide bonds. The van der Waals surface area contributed by atoms with Gasteiger partial charge in [-0.25, -0.2) is 4.83 Å². The first-order chi connectivity index (χ1) is 9.97. The lowest BCUT2D eigenvalue weighted by Gasteiger charge is -2.07. The predicted molar refractivity (Wildman–Crippen MR) is 83.8 cm³/mol. The van der Waals surface area contributed by atoms with E-state index in [1.165, 1.54) is 12.1 Å². The normalized spacial score (nSPS) is 11.7. The van der Waals surface area contributed by atoms with Crippen molar-refractivity contribution in [2.24, 2.45) is 0 Å². The Morgan fingerprint density at radius 3 is 2.38 bits per heavy atom. The lowest BCUT2D eigenvalue weighted by Crippen LogP contribution is -2.29. The van der Waals surface area contributed by atoms with Crippen LogP contribution in [-0.2, 0) is 10.0 Å². The van der Waals surface area contributed by atoms with Gasteiger partial charge in [0.05, 0.1) is 15.0 Å². The Morgan fingerprint density at radius 2 is 1.71 bits per heavy atom. The molecular formula is C14H12N2O3S2. The Hall–Kier alpha value is -2.12. The summed E-state index contributed by atoms with van der Waals surface area (Å²) in [6, 6.07) is 13.4. The lowest BCUT2D eigenvalue weighted by molar-refractivity contribution is 0.596. The number of benzene rings is 2. The van der Waals surface area contributed by atoms with Crippen molar-refractivity contribution in [3.05, 3.63) is 64.4 Å². The smallest absolute Gasteiger partial charge is 0.266 e. The van der Waals surface area contributed by atoms with E-state index in [9.17, 15) is 13.2 Å². The second kappa shape index (κ2) is 5.01. The quantitative estimate of drug-likeness (QED) is 0.805. The second-order valence-corrected chi connectivity index (χ2v) is 7.24. The monoisotopic (exact) mass is 320 g/mol. The summed E-state index contributed by atoms with van der Waals surface area (Å²) < 4.78 is 26.3. The van der Waals surface area contributed by atoms with E-state index in [0.29, 0.717) is 5.39 Å². The summed E-state index contributed by atoms with van der Waals surface area (Å²) in [6.45, 7) is 1.88. The van der Waals surface area contributed by atoms with Gasteiger partial charge >= 0.3 is 0 Å². The SMILES string of the molecule is Cc1ccc(S(=O)(=O)Nn2sc3ccccc3c2=O)cc1. The van der Waals surface area contributed by atoms with Gasteiger partial charge in [0.2, 0.25) is 0 Å². The van der Waals surface area contributed by atoms with Gasteiger partial charge in [-0.1, -0.05) is 29.8 Å². The van der Waals surface area contributed by atoms with Crippen LogP contribution in [0.4, 0.5) is 0 Å². The highest BCUT2D eigenvalue weighted by Crippen LogP contribution is 2.16. The molecule has 108 valence electrons. The Bertz CT molecular complexity index is 954. The van der Waals surface area contributed by atoms with Crippen molar-refractivity contribution < 1.29 is 8.42 Å². The van der Waals surface area contributed by atoms with Gasteiger partial charge in [-0.15, -0.1) is 0 Å². The molecule has 0 unspecified atom stereocenters. The van der Waals surface area contributed by atoms with Gasteiger partial charge in [0.1, 0.15) is 0 Å². The molecule has 7 heteroatoms. The van der Waals surface area contributed by atoms with Crippen molar-refractivity contribution in [3.8, 4) is 0 Å². The second-order valence-electron chi connectivity index (χ2n) is 4.59. The minimum Gasteiger partial charge on any atom is -0.266 e. The van der Waals surface area contributed by atoms with Gasteiger partial charge < -0.3 is 0 Å². The Labute approximate surface area is 125 Å². The van der Waals surface area contributed by atoms with Crippen LogP contribution in [0.2, 0.25) is 0 Å². The zero-order chi connectivity index (χ0) is 15.0. The third-order valence-electron chi connectivity index (χ3n) is 3.03. The number of aromatic nitrogens is 1. The zero-order valence-electron chi connectivity index (χ0n) is 11.1. The summed E-state index contributed by atoms with van der Waals surface area (Å²) in [5, 5.41) is 0.495. The molecule has 0 bridgehead atoms. The van der Waals surface area contributed by atoms with Gasteiger partial charge in [0, 0.05) is 0 Å². The average molecular weight is 320 g/mol. The van der Waals surface area contributed by atoms with Crippen LogP contribution in [-0.4, -0.2) is 12.5 Å². The maximum absolute atomic E-state index is 12.3. The summed E-state index contributed by atoms with van der Waals surface area (Å²) in [4.78, 5) is 14.6. The molecule has 0 fully saturated rings. The van der Waals surface area contributed by atoms with Crippen LogP contribution in [0.3, 0.4) is 0 Å². The summed E-state index contributed by atoms with van der Waals surface area (Å²) in [5.41, 5.74) is 0.597. The maximum atomic E-state index is 12.3. The molecule has 0 aliphatic carbocycles. The van der Waals surface area contributed by atoms with Crippen molar-refractivity contribution >= 4 is 31.6 Å². The predicted octanol–water partition coefficient (Wildman–Crippen LogP) is 2.30. The molecule has 0 saturated carbocycles. The van der Waals surface area contributed by atoms with Crippen LogP contribution in [0.5, 0.6) is 0 Å². The minimum absolute atomic E-state index is 0.123. The Kier molecular flexibility index (Phi) is 3.30. The van der Waals surface area contributed by atoms with Crippen LogP contribution in [0.15, 0.2) is 58.2 Å². The number of hydrogen-bond acceptors (Lipinski definition) is 4. The maximum Gasteiger partial charge on any atom is 0.288 e. The molecule has 3 rings (SSSR count).